The Labute approximate surface area is 226 Å². The van der Waals surface area contributed by atoms with E-state index < -0.39 is 17.8 Å². The van der Waals surface area contributed by atoms with Crippen molar-refractivity contribution in [3.8, 4) is 11.5 Å². The van der Waals surface area contributed by atoms with Crippen molar-refractivity contribution in [1.82, 2.24) is 9.88 Å². The molecule has 1 aliphatic heterocycles. The summed E-state index contributed by atoms with van der Waals surface area (Å²) in [6.45, 7) is 3.17. The fourth-order valence-corrected chi connectivity index (χ4v) is 4.66. The van der Waals surface area contributed by atoms with Crippen molar-refractivity contribution in [3.05, 3.63) is 95.7 Å². The third-order valence-electron chi connectivity index (χ3n) is 6.69. The maximum absolute atomic E-state index is 13.4. The van der Waals surface area contributed by atoms with E-state index >= 15 is 0 Å². The minimum absolute atomic E-state index is 0.100. The van der Waals surface area contributed by atoms with Crippen LogP contribution >= 0.6 is 0 Å². The van der Waals surface area contributed by atoms with E-state index in [4.69, 9.17) is 9.47 Å². The van der Waals surface area contributed by atoms with Gasteiger partial charge in [0.05, 0.1) is 19.4 Å². The van der Waals surface area contributed by atoms with E-state index in [1.165, 1.54) is 0 Å². The molecule has 1 aliphatic rings. The van der Waals surface area contributed by atoms with Crippen molar-refractivity contribution in [2.24, 2.45) is 0 Å². The summed E-state index contributed by atoms with van der Waals surface area (Å²) in [6, 6.07) is 21.7. The van der Waals surface area contributed by atoms with E-state index in [0.29, 0.717) is 35.9 Å². The van der Waals surface area contributed by atoms with Gasteiger partial charge in [0.25, 0.3) is 11.8 Å². The summed E-state index contributed by atoms with van der Waals surface area (Å²) >= 11 is 0. The first-order valence-electron chi connectivity index (χ1n) is 12.8. The summed E-state index contributed by atoms with van der Waals surface area (Å²) in [5.41, 5.74) is 3.07. The zero-order valence-corrected chi connectivity index (χ0v) is 21.8. The van der Waals surface area contributed by atoms with Crippen LogP contribution < -0.4 is 19.7 Å². The summed E-state index contributed by atoms with van der Waals surface area (Å²) < 4.78 is 13.3. The number of carbonyl (C=O) groups excluding carboxylic acids is 3. The SMILES string of the molecule is CCc1ccc(N2C(=O)NC(=O)C(=Cc3cn(CCCOc4ccccc4OC)c4ccccc34)C2=O)cc1. The monoisotopic (exact) mass is 523 g/mol. The summed E-state index contributed by atoms with van der Waals surface area (Å²) in [6.07, 6.45) is 5.03. The van der Waals surface area contributed by atoms with Gasteiger partial charge in [-0.05, 0) is 54.8 Å². The lowest BCUT2D eigenvalue weighted by molar-refractivity contribution is -0.122. The van der Waals surface area contributed by atoms with Crippen molar-refractivity contribution in [2.45, 2.75) is 26.3 Å². The molecule has 2 heterocycles. The van der Waals surface area contributed by atoms with E-state index in [1.54, 1.807) is 25.3 Å². The number of aryl methyl sites for hydroxylation is 2. The fraction of sp³-hybridized carbons (Fsp3) is 0.194. The Morgan fingerprint density at radius 1 is 0.897 bits per heavy atom. The Morgan fingerprint density at radius 3 is 2.36 bits per heavy atom. The second-order valence-electron chi connectivity index (χ2n) is 9.13. The number of rotatable bonds is 9. The van der Waals surface area contributed by atoms with Gasteiger partial charge in [0, 0.05) is 29.2 Å². The van der Waals surface area contributed by atoms with Gasteiger partial charge in [-0.25, -0.2) is 9.69 Å². The summed E-state index contributed by atoms with van der Waals surface area (Å²) in [5.74, 6) is -0.00126. The third-order valence-corrected chi connectivity index (χ3v) is 6.69. The number of methoxy groups -OCH3 is 1. The van der Waals surface area contributed by atoms with Crippen LogP contribution in [0.3, 0.4) is 0 Å². The first-order valence-corrected chi connectivity index (χ1v) is 12.8. The van der Waals surface area contributed by atoms with Crippen LogP contribution in [-0.2, 0) is 22.6 Å². The number of ether oxygens (including phenoxy) is 2. The summed E-state index contributed by atoms with van der Waals surface area (Å²) in [4.78, 5) is 39.7. The number of carbonyl (C=O) groups is 3. The Hall–Kier alpha value is -4.85. The van der Waals surface area contributed by atoms with Crippen LogP contribution in [0.15, 0.2) is 84.6 Å². The maximum Gasteiger partial charge on any atom is 0.335 e. The predicted octanol–water partition coefficient (Wildman–Crippen LogP) is 5.35. The van der Waals surface area contributed by atoms with Crippen LogP contribution in [0.4, 0.5) is 10.5 Å². The summed E-state index contributed by atoms with van der Waals surface area (Å²) in [5, 5.41) is 3.20. The molecule has 0 atom stereocenters. The molecular weight excluding hydrogens is 494 g/mol. The molecule has 0 saturated carbocycles. The standard InChI is InChI=1S/C31H29N3O5/c1-3-21-13-15-23(16-14-21)34-30(36)25(29(35)32-31(34)37)19-22-20-33(26-10-5-4-9-24(22)26)17-8-18-39-28-12-7-6-11-27(28)38-2/h4-7,9-16,19-20H,3,8,17-18H2,1-2H3,(H,32,35,37). The highest BCUT2D eigenvalue weighted by molar-refractivity contribution is 6.39. The number of hydrogen-bond acceptors (Lipinski definition) is 5. The topological polar surface area (TPSA) is 89.9 Å². The lowest BCUT2D eigenvalue weighted by Gasteiger charge is -2.26. The lowest BCUT2D eigenvalue weighted by Crippen LogP contribution is -2.54. The molecule has 1 aromatic heterocycles. The van der Waals surface area contributed by atoms with Crippen molar-refractivity contribution in [1.29, 1.82) is 0 Å². The number of benzene rings is 3. The second-order valence-corrected chi connectivity index (χ2v) is 9.13. The molecule has 1 fully saturated rings. The van der Waals surface area contributed by atoms with E-state index in [0.717, 1.165) is 34.2 Å². The molecule has 4 aromatic rings. The van der Waals surface area contributed by atoms with Gasteiger partial charge in [-0.2, -0.15) is 0 Å². The Balaban J connectivity index is 1.38. The number of urea groups is 1. The number of nitrogens with zero attached hydrogens (tertiary/aromatic N) is 2. The number of anilines is 1. The normalized spacial score (nSPS) is 14.7. The van der Waals surface area contributed by atoms with Gasteiger partial charge < -0.3 is 14.0 Å². The molecule has 8 nitrogen and oxygen atoms in total. The van der Waals surface area contributed by atoms with Crippen molar-refractivity contribution >= 4 is 40.5 Å². The number of amides is 4. The van der Waals surface area contributed by atoms with Crippen LogP contribution in [0.2, 0.25) is 0 Å². The Bertz CT molecular complexity index is 1570. The van der Waals surface area contributed by atoms with Gasteiger partial charge in [0.2, 0.25) is 0 Å². The molecular formula is C31H29N3O5. The van der Waals surface area contributed by atoms with Gasteiger partial charge in [-0.15, -0.1) is 0 Å². The Kier molecular flexibility index (Phi) is 7.45. The third kappa shape index (κ3) is 5.27. The highest BCUT2D eigenvalue weighted by Gasteiger charge is 2.37. The highest BCUT2D eigenvalue weighted by Crippen LogP contribution is 2.28. The van der Waals surface area contributed by atoms with Gasteiger partial charge in [-0.3, -0.25) is 14.9 Å². The van der Waals surface area contributed by atoms with Crippen LogP contribution in [0.25, 0.3) is 17.0 Å². The first-order chi connectivity index (χ1) is 19.0. The largest absolute Gasteiger partial charge is 0.493 e. The predicted molar refractivity (Wildman–Crippen MR) is 150 cm³/mol. The van der Waals surface area contributed by atoms with Crippen molar-refractivity contribution in [2.75, 3.05) is 18.6 Å². The number of para-hydroxylation sites is 3. The molecule has 1 saturated heterocycles. The molecule has 0 unspecified atom stereocenters. The maximum atomic E-state index is 13.4. The molecule has 0 spiro atoms. The molecule has 198 valence electrons. The molecule has 1 N–H and O–H groups in total. The molecule has 0 aliphatic carbocycles. The number of hydrogen-bond donors (Lipinski definition) is 1. The first kappa shape index (κ1) is 25.8. The minimum Gasteiger partial charge on any atom is -0.493 e. The molecule has 0 radical (unpaired) electrons. The van der Waals surface area contributed by atoms with E-state index in [1.807, 2.05) is 73.8 Å². The molecule has 0 bridgehead atoms. The average molecular weight is 524 g/mol. The number of fused-ring (bicyclic) bond motifs is 1. The van der Waals surface area contributed by atoms with E-state index in [-0.39, 0.29) is 5.57 Å². The fourth-order valence-electron chi connectivity index (χ4n) is 4.66. The summed E-state index contributed by atoms with van der Waals surface area (Å²) in [7, 11) is 1.61. The number of imide groups is 2. The van der Waals surface area contributed by atoms with Gasteiger partial charge in [-0.1, -0.05) is 49.4 Å². The second kappa shape index (κ2) is 11.3. The van der Waals surface area contributed by atoms with Gasteiger partial charge >= 0.3 is 6.03 Å². The zero-order valence-electron chi connectivity index (χ0n) is 21.8. The quantitative estimate of drug-likeness (QED) is 0.182. The Morgan fingerprint density at radius 2 is 1.62 bits per heavy atom. The van der Waals surface area contributed by atoms with Gasteiger partial charge in [0.1, 0.15) is 5.57 Å². The van der Waals surface area contributed by atoms with E-state index in [9.17, 15) is 14.4 Å². The lowest BCUT2D eigenvalue weighted by atomic mass is 10.1. The van der Waals surface area contributed by atoms with Crippen LogP contribution in [-0.4, -0.2) is 36.1 Å². The highest BCUT2D eigenvalue weighted by atomic mass is 16.5. The van der Waals surface area contributed by atoms with Crippen LogP contribution in [0.5, 0.6) is 11.5 Å². The number of barbiturate groups is 1. The molecule has 39 heavy (non-hydrogen) atoms. The van der Waals surface area contributed by atoms with Crippen LogP contribution in [0.1, 0.15) is 24.5 Å². The molecule has 4 amide bonds. The van der Waals surface area contributed by atoms with Crippen molar-refractivity contribution in [3.63, 3.8) is 0 Å². The van der Waals surface area contributed by atoms with Gasteiger partial charge in [0.15, 0.2) is 11.5 Å². The minimum atomic E-state index is -0.760. The smallest absolute Gasteiger partial charge is 0.335 e. The van der Waals surface area contributed by atoms with Crippen molar-refractivity contribution < 1.29 is 23.9 Å². The number of aromatic nitrogens is 1. The van der Waals surface area contributed by atoms with Crippen LogP contribution in [0, 0.1) is 0 Å². The molecule has 5 rings (SSSR count). The average Bonchev–Trinajstić information content (AvgIpc) is 3.31. The number of nitrogens with one attached hydrogen (secondary N) is 1. The molecule has 3 aromatic carbocycles. The van der Waals surface area contributed by atoms with E-state index in [2.05, 4.69) is 9.88 Å². The zero-order chi connectivity index (χ0) is 27.4. The molecule has 8 heteroatoms.